The number of alkyl halides is 3. The number of carboxylic acids is 1. The Labute approximate surface area is 114 Å². The van der Waals surface area contributed by atoms with Gasteiger partial charge in [-0.2, -0.15) is 13.2 Å². The van der Waals surface area contributed by atoms with Gasteiger partial charge in [-0.05, 0) is 0 Å². The summed E-state index contributed by atoms with van der Waals surface area (Å²) in [6.45, 7) is 2.49. The second kappa shape index (κ2) is 9.64. The van der Waals surface area contributed by atoms with Gasteiger partial charge in [0.05, 0.1) is 0 Å². The predicted molar refractivity (Wildman–Crippen MR) is 65.3 cm³/mol. The zero-order valence-electron chi connectivity index (χ0n) is 10.8. The molecule has 10 heteroatoms. The molecule has 6 N–H and O–H groups in total. The molecule has 7 nitrogen and oxygen atoms in total. The van der Waals surface area contributed by atoms with Gasteiger partial charge in [0.15, 0.2) is 6.04 Å². The molecule has 1 atom stereocenters. The first-order valence-electron chi connectivity index (χ1n) is 5.99. The molecule has 0 fully saturated rings. The van der Waals surface area contributed by atoms with Crippen molar-refractivity contribution in [3.63, 3.8) is 0 Å². The summed E-state index contributed by atoms with van der Waals surface area (Å²) in [5.74, 6) is -4.16. The Balaban J connectivity index is 3.89. The smallest absolute Gasteiger partial charge is 0.452 e. The van der Waals surface area contributed by atoms with E-state index in [1.807, 2.05) is 0 Å². The molecular weight excluding hydrogens is 281 g/mol. The van der Waals surface area contributed by atoms with Gasteiger partial charge in [-0.3, -0.25) is 14.9 Å². The third-order valence-electron chi connectivity index (χ3n) is 2.24. The number of carbonyl (C=O) groups excluding carboxylic acids is 1. The average Bonchev–Trinajstić information content (AvgIpc) is 2.34. The van der Waals surface area contributed by atoms with Crippen molar-refractivity contribution in [2.24, 2.45) is 5.73 Å². The zero-order chi connectivity index (χ0) is 15.6. The van der Waals surface area contributed by atoms with Crippen molar-refractivity contribution in [1.29, 1.82) is 0 Å². The van der Waals surface area contributed by atoms with Gasteiger partial charge in [0, 0.05) is 39.3 Å². The zero-order valence-corrected chi connectivity index (χ0v) is 10.8. The van der Waals surface area contributed by atoms with E-state index in [-0.39, 0.29) is 13.1 Å². The maximum absolute atomic E-state index is 12.1. The predicted octanol–water partition coefficient (Wildman–Crippen LogP) is -1.70. The highest BCUT2D eigenvalue weighted by atomic mass is 19.4. The standard InChI is InChI=1S/C10H19F3N4O3/c11-10(12,13)8(18)7(9(19)20)17-6-5-16-4-3-15-2-1-14/h7,15-17H,1-6,14H2,(H,19,20). The summed E-state index contributed by atoms with van der Waals surface area (Å²) in [6, 6.07) is -2.27. The summed E-state index contributed by atoms with van der Waals surface area (Å²) >= 11 is 0. The lowest BCUT2D eigenvalue weighted by Crippen LogP contribution is -2.50. The van der Waals surface area contributed by atoms with Crippen LogP contribution in [0, 0.1) is 0 Å². The third kappa shape index (κ3) is 8.04. The molecule has 0 aromatic rings. The number of carboxylic acid groups (broad SMARTS) is 1. The molecular formula is C10H19F3N4O3. The lowest BCUT2D eigenvalue weighted by Gasteiger charge is -2.15. The van der Waals surface area contributed by atoms with Crippen LogP contribution in [0.3, 0.4) is 0 Å². The van der Waals surface area contributed by atoms with Crippen LogP contribution in [0.2, 0.25) is 0 Å². The Kier molecular flexibility index (Phi) is 9.05. The molecule has 0 aromatic carbocycles. The molecule has 118 valence electrons. The number of rotatable bonds is 11. The van der Waals surface area contributed by atoms with Crippen LogP contribution in [0.4, 0.5) is 13.2 Å². The summed E-state index contributed by atoms with van der Waals surface area (Å²) < 4.78 is 36.4. The fourth-order valence-corrected chi connectivity index (χ4v) is 1.29. The molecule has 0 aliphatic heterocycles. The van der Waals surface area contributed by atoms with Crippen LogP contribution in [0.25, 0.3) is 0 Å². The Morgan fingerprint density at radius 2 is 1.55 bits per heavy atom. The lowest BCUT2D eigenvalue weighted by atomic mass is 10.2. The summed E-state index contributed by atoms with van der Waals surface area (Å²) in [7, 11) is 0. The van der Waals surface area contributed by atoms with Crippen LogP contribution in [-0.4, -0.2) is 68.3 Å². The molecule has 0 aromatic heterocycles. The van der Waals surface area contributed by atoms with Crippen molar-refractivity contribution in [1.82, 2.24) is 16.0 Å². The molecule has 0 heterocycles. The number of nitrogens with one attached hydrogen (secondary N) is 3. The number of aliphatic carboxylic acids is 1. The van der Waals surface area contributed by atoms with Crippen LogP contribution >= 0.6 is 0 Å². The number of hydrogen-bond acceptors (Lipinski definition) is 6. The highest BCUT2D eigenvalue weighted by Crippen LogP contribution is 2.17. The van der Waals surface area contributed by atoms with Crippen molar-refractivity contribution < 1.29 is 27.9 Å². The van der Waals surface area contributed by atoms with Gasteiger partial charge in [0.2, 0.25) is 0 Å². The quantitative estimate of drug-likeness (QED) is 0.228. The first kappa shape index (κ1) is 18.8. The highest BCUT2D eigenvalue weighted by Gasteiger charge is 2.46. The Morgan fingerprint density at radius 1 is 1.05 bits per heavy atom. The second-order valence-electron chi connectivity index (χ2n) is 3.88. The molecule has 20 heavy (non-hydrogen) atoms. The molecule has 0 rings (SSSR count). The van der Waals surface area contributed by atoms with Gasteiger partial charge in [-0.25, -0.2) is 0 Å². The Morgan fingerprint density at radius 3 is 2.00 bits per heavy atom. The van der Waals surface area contributed by atoms with Crippen molar-refractivity contribution in [3.8, 4) is 0 Å². The van der Waals surface area contributed by atoms with E-state index >= 15 is 0 Å². The maximum atomic E-state index is 12.1. The third-order valence-corrected chi connectivity index (χ3v) is 2.24. The first-order chi connectivity index (χ1) is 9.30. The van der Waals surface area contributed by atoms with Crippen molar-refractivity contribution in [3.05, 3.63) is 0 Å². The van der Waals surface area contributed by atoms with Crippen molar-refractivity contribution in [2.75, 3.05) is 39.3 Å². The van der Waals surface area contributed by atoms with Crippen molar-refractivity contribution in [2.45, 2.75) is 12.2 Å². The van der Waals surface area contributed by atoms with Gasteiger partial charge in [0.25, 0.3) is 5.78 Å². The van der Waals surface area contributed by atoms with E-state index in [4.69, 9.17) is 10.8 Å². The van der Waals surface area contributed by atoms with Crippen LogP contribution in [0.5, 0.6) is 0 Å². The molecule has 0 amide bonds. The topological polar surface area (TPSA) is 116 Å². The molecule has 0 bridgehead atoms. The molecule has 0 saturated heterocycles. The average molecular weight is 300 g/mol. The van der Waals surface area contributed by atoms with Crippen LogP contribution in [0.15, 0.2) is 0 Å². The monoisotopic (exact) mass is 300 g/mol. The number of halogens is 3. The number of nitrogens with two attached hydrogens (primary N) is 1. The van der Waals surface area contributed by atoms with Crippen LogP contribution < -0.4 is 21.7 Å². The first-order valence-corrected chi connectivity index (χ1v) is 5.99. The summed E-state index contributed by atoms with van der Waals surface area (Å²) in [5.41, 5.74) is 5.24. The number of Topliss-reactive ketones (excluding diaryl/α,β-unsaturated/α-hetero) is 1. The fourth-order valence-electron chi connectivity index (χ4n) is 1.29. The molecule has 0 aliphatic carbocycles. The van der Waals surface area contributed by atoms with Crippen LogP contribution in [-0.2, 0) is 9.59 Å². The summed E-state index contributed by atoms with van der Waals surface area (Å²) in [5, 5.41) is 16.5. The maximum Gasteiger partial charge on any atom is 0.452 e. The fraction of sp³-hybridized carbons (Fsp3) is 0.800. The van der Waals surface area contributed by atoms with Gasteiger partial charge >= 0.3 is 12.1 Å². The number of ketones is 1. The van der Waals surface area contributed by atoms with E-state index in [9.17, 15) is 22.8 Å². The molecule has 0 radical (unpaired) electrons. The van der Waals surface area contributed by atoms with Crippen LogP contribution in [0.1, 0.15) is 0 Å². The molecule has 0 aliphatic rings. The van der Waals surface area contributed by atoms with E-state index in [1.165, 1.54) is 0 Å². The van der Waals surface area contributed by atoms with E-state index in [2.05, 4.69) is 16.0 Å². The van der Waals surface area contributed by atoms with Gasteiger partial charge in [-0.15, -0.1) is 0 Å². The number of hydrogen-bond donors (Lipinski definition) is 5. The summed E-state index contributed by atoms with van der Waals surface area (Å²) in [4.78, 5) is 21.4. The normalized spacial score (nSPS) is 13.2. The molecule has 0 saturated carbocycles. The Hall–Kier alpha value is -1.23. The minimum absolute atomic E-state index is 0.0737. The minimum Gasteiger partial charge on any atom is -0.480 e. The van der Waals surface area contributed by atoms with E-state index in [0.29, 0.717) is 26.2 Å². The SMILES string of the molecule is NCCNCCNCCNC(C(=O)O)C(=O)C(F)(F)F. The van der Waals surface area contributed by atoms with Gasteiger partial charge in [-0.1, -0.05) is 0 Å². The Bertz CT molecular complexity index is 313. The van der Waals surface area contributed by atoms with Crippen molar-refractivity contribution >= 4 is 11.8 Å². The molecule has 0 spiro atoms. The largest absolute Gasteiger partial charge is 0.480 e. The highest BCUT2D eigenvalue weighted by molar-refractivity contribution is 6.05. The minimum atomic E-state index is -5.17. The second-order valence-corrected chi connectivity index (χ2v) is 3.88. The number of carbonyl (C=O) groups is 2. The van der Waals surface area contributed by atoms with E-state index in [1.54, 1.807) is 0 Å². The van der Waals surface area contributed by atoms with E-state index < -0.39 is 24.0 Å². The van der Waals surface area contributed by atoms with Gasteiger partial charge < -0.3 is 21.5 Å². The molecule has 1 unspecified atom stereocenters. The van der Waals surface area contributed by atoms with E-state index in [0.717, 1.165) is 0 Å². The van der Waals surface area contributed by atoms with Gasteiger partial charge in [0.1, 0.15) is 0 Å². The summed E-state index contributed by atoms with van der Waals surface area (Å²) in [6.07, 6.45) is -5.17. The lowest BCUT2D eigenvalue weighted by molar-refractivity contribution is -0.176.